The molecule has 13 heteroatoms. The molecule has 0 radical (unpaired) electrons. The summed E-state index contributed by atoms with van der Waals surface area (Å²) in [5.41, 5.74) is -0.0591. The number of carboxylic acid groups (broad SMARTS) is 1. The average molecular weight is 559 g/mol. The van der Waals surface area contributed by atoms with Crippen LogP contribution in [0.1, 0.15) is 44.5 Å². The number of carboxylic acids is 1. The summed E-state index contributed by atoms with van der Waals surface area (Å²) in [4.78, 5) is 36.8. The molecule has 0 aliphatic heterocycles. The van der Waals surface area contributed by atoms with Gasteiger partial charge in [-0.3, -0.25) is 9.20 Å². The first kappa shape index (κ1) is 29.9. The molecule has 0 saturated heterocycles. The zero-order valence-corrected chi connectivity index (χ0v) is 22.2. The number of hydrogen-bond acceptors (Lipinski definition) is 5. The number of carbonyl (C=O) groups is 3. The number of amides is 3. The molecule has 0 bridgehead atoms. The number of carbonyl (C=O) groups excluding carboxylic acids is 2. The summed E-state index contributed by atoms with van der Waals surface area (Å²) in [6, 6.07) is 7.49. The third-order valence-electron chi connectivity index (χ3n) is 5.84. The molecule has 1 atom stereocenters. The average Bonchev–Trinajstić information content (AvgIpc) is 3.31. The fourth-order valence-corrected chi connectivity index (χ4v) is 3.91. The number of aliphatic carboxylic acids is 1. The first-order valence-corrected chi connectivity index (χ1v) is 12.4. The van der Waals surface area contributed by atoms with Crippen LogP contribution in [0.3, 0.4) is 0 Å². The summed E-state index contributed by atoms with van der Waals surface area (Å²) in [7, 11) is 0. The standard InChI is InChI=1S/C27H29F3N6O4/c1-5-8-20(19(6-2)27(28,29)30)32-26(40)31-17-12-10-16(11-13-17)22-34-35-23-18(9-7-14-36(22)23)24(37)33-21(15(3)4)25(38)39/h6-15,21H,5H2,1-4H3,(H,33,37)(H,38,39)(H2,31,32,40)/b19-6+,20-8+/t21-/m0/s1. The Bertz CT molecular complexity index is 1460. The van der Waals surface area contributed by atoms with Crippen molar-refractivity contribution < 1.29 is 32.7 Å². The lowest BCUT2D eigenvalue weighted by molar-refractivity contribution is -0.140. The number of alkyl halides is 3. The fourth-order valence-electron chi connectivity index (χ4n) is 3.91. The second kappa shape index (κ2) is 12.5. The second-order valence-electron chi connectivity index (χ2n) is 9.06. The second-order valence-corrected chi connectivity index (χ2v) is 9.06. The van der Waals surface area contributed by atoms with E-state index in [1.165, 1.54) is 31.2 Å². The van der Waals surface area contributed by atoms with Crippen molar-refractivity contribution in [3.8, 4) is 11.4 Å². The molecule has 1 aromatic carbocycles. The minimum absolute atomic E-state index is 0.137. The molecule has 0 fully saturated rings. The lowest BCUT2D eigenvalue weighted by Gasteiger charge is -2.18. The van der Waals surface area contributed by atoms with E-state index >= 15 is 0 Å². The number of benzene rings is 1. The van der Waals surface area contributed by atoms with Crippen molar-refractivity contribution >= 4 is 29.2 Å². The van der Waals surface area contributed by atoms with E-state index in [4.69, 9.17) is 0 Å². The molecule has 4 N–H and O–H groups in total. The highest BCUT2D eigenvalue weighted by molar-refractivity contribution is 6.01. The van der Waals surface area contributed by atoms with E-state index in [1.54, 1.807) is 49.6 Å². The Morgan fingerprint density at radius 2 is 1.77 bits per heavy atom. The number of halogens is 3. The van der Waals surface area contributed by atoms with Crippen LogP contribution in [0.5, 0.6) is 0 Å². The summed E-state index contributed by atoms with van der Waals surface area (Å²) in [6.45, 7) is 6.26. The quantitative estimate of drug-likeness (QED) is 0.268. The fraction of sp³-hybridized carbons (Fsp3) is 0.296. The van der Waals surface area contributed by atoms with Crippen molar-refractivity contribution in [3.05, 3.63) is 71.6 Å². The van der Waals surface area contributed by atoms with E-state index in [0.29, 0.717) is 17.1 Å². The highest BCUT2D eigenvalue weighted by Gasteiger charge is 2.35. The summed E-state index contributed by atoms with van der Waals surface area (Å²) in [5, 5.41) is 24.9. The van der Waals surface area contributed by atoms with Crippen LogP contribution >= 0.6 is 0 Å². The Hall–Kier alpha value is -4.68. The Morgan fingerprint density at radius 1 is 1.10 bits per heavy atom. The molecule has 0 aliphatic carbocycles. The summed E-state index contributed by atoms with van der Waals surface area (Å²) < 4.78 is 41.5. The molecule has 40 heavy (non-hydrogen) atoms. The minimum Gasteiger partial charge on any atom is -0.480 e. The predicted octanol–water partition coefficient (Wildman–Crippen LogP) is 5.16. The number of urea groups is 1. The van der Waals surface area contributed by atoms with Crippen LogP contribution in [-0.2, 0) is 4.79 Å². The maximum absolute atomic E-state index is 13.3. The Labute approximate surface area is 228 Å². The van der Waals surface area contributed by atoms with Gasteiger partial charge in [0, 0.05) is 17.4 Å². The molecule has 0 unspecified atom stereocenters. The number of allylic oxidation sites excluding steroid dienone is 3. The normalized spacial score (nSPS) is 13.3. The SMILES string of the molecule is C/C=C(\C(=C/CC)NC(=O)Nc1ccc(-c2nnc3c(C(=O)N[C@H](C(=O)O)C(C)C)cccn23)cc1)C(F)(F)F. The van der Waals surface area contributed by atoms with Crippen LogP contribution in [0, 0.1) is 5.92 Å². The van der Waals surface area contributed by atoms with Crippen molar-refractivity contribution in [3.63, 3.8) is 0 Å². The molecular formula is C27H29F3N6O4. The van der Waals surface area contributed by atoms with Gasteiger partial charge >= 0.3 is 18.2 Å². The van der Waals surface area contributed by atoms with Gasteiger partial charge in [0.05, 0.1) is 16.8 Å². The number of anilines is 1. The maximum atomic E-state index is 13.3. The van der Waals surface area contributed by atoms with E-state index in [1.807, 2.05) is 0 Å². The highest BCUT2D eigenvalue weighted by Crippen LogP contribution is 2.30. The van der Waals surface area contributed by atoms with Crippen LogP contribution in [-0.4, -0.2) is 49.8 Å². The van der Waals surface area contributed by atoms with E-state index in [0.717, 1.165) is 6.08 Å². The zero-order valence-electron chi connectivity index (χ0n) is 22.2. The van der Waals surface area contributed by atoms with Gasteiger partial charge in [-0.1, -0.05) is 32.9 Å². The Kier molecular flexibility index (Phi) is 9.30. The number of aromatic nitrogens is 3. The number of nitrogens with zero attached hydrogens (tertiary/aromatic N) is 3. The molecule has 0 aliphatic rings. The highest BCUT2D eigenvalue weighted by atomic mass is 19.4. The van der Waals surface area contributed by atoms with Crippen LogP contribution in [0.2, 0.25) is 0 Å². The zero-order chi connectivity index (χ0) is 29.6. The topological polar surface area (TPSA) is 138 Å². The first-order valence-electron chi connectivity index (χ1n) is 12.4. The van der Waals surface area contributed by atoms with Crippen molar-refractivity contribution in [2.75, 3.05) is 5.32 Å². The maximum Gasteiger partial charge on any atom is 0.418 e. The van der Waals surface area contributed by atoms with Crippen molar-refractivity contribution in [2.45, 2.75) is 46.3 Å². The molecule has 3 amide bonds. The van der Waals surface area contributed by atoms with Gasteiger partial charge in [0.2, 0.25) is 0 Å². The van der Waals surface area contributed by atoms with E-state index < -0.39 is 35.7 Å². The van der Waals surface area contributed by atoms with Crippen LogP contribution in [0.15, 0.2) is 66.0 Å². The van der Waals surface area contributed by atoms with E-state index in [2.05, 4.69) is 26.1 Å². The molecule has 0 saturated carbocycles. The summed E-state index contributed by atoms with van der Waals surface area (Å²) >= 11 is 0. The van der Waals surface area contributed by atoms with E-state index in [-0.39, 0.29) is 29.2 Å². The Morgan fingerprint density at radius 3 is 2.33 bits per heavy atom. The largest absolute Gasteiger partial charge is 0.480 e. The number of nitrogens with one attached hydrogen (secondary N) is 3. The molecule has 212 valence electrons. The number of fused-ring (bicyclic) bond motifs is 1. The molecule has 2 aromatic heterocycles. The van der Waals surface area contributed by atoms with Gasteiger partial charge in [-0.05, 0) is 55.7 Å². The summed E-state index contributed by atoms with van der Waals surface area (Å²) in [6.07, 6.45) is -0.534. The van der Waals surface area contributed by atoms with Gasteiger partial charge in [0.15, 0.2) is 11.5 Å². The van der Waals surface area contributed by atoms with Gasteiger partial charge in [0.25, 0.3) is 5.91 Å². The van der Waals surface area contributed by atoms with Crippen LogP contribution in [0.25, 0.3) is 17.0 Å². The van der Waals surface area contributed by atoms with Gasteiger partial charge in [-0.2, -0.15) is 13.2 Å². The third kappa shape index (κ3) is 6.84. The molecular weight excluding hydrogens is 529 g/mol. The van der Waals surface area contributed by atoms with Crippen molar-refractivity contribution in [2.24, 2.45) is 5.92 Å². The molecule has 10 nitrogen and oxygen atoms in total. The molecule has 0 spiro atoms. The number of pyridine rings is 1. The first-order chi connectivity index (χ1) is 18.9. The van der Waals surface area contributed by atoms with Gasteiger partial charge in [-0.15, -0.1) is 10.2 Å². The van der Waals surface area contributed by atoms with Crippen LogP contribution in [0.4, 0.5) is 23.7 Å². The molecule has 2 heterocycles. The number of rotatable bonds is 9. The Balaban J connectivity index is 1.79. The molecule has 3 aromatic rings. The van der Waals surface area contributed by atoms with Crippen LogP contribution < -0.4 is 16.0 Å². The lowest BCUT2D eigenvalue weighted by Crippen LogP contribution is -2.44. The van der Waals surface area contributed by atoms with Gasteiger partial charge < -0.3 is 21.1 Å². The number of hydrogen-bond donors (Lipinski definition) is 4. The smallest absolute Gasteiger partial charge is 0.418 e. The predicted molar refractivity (Wildman–Crippen MR) is 142 cm³/mol. The monoisotopic (exact) mass is 558 g/mol. The summed E-state index contributed by atoms with van der Waals surface area (Å²) in [5.74, 6) is -1.73. The third-order valence-corrected chi connectivity index (χ3v) is 5.84. The minimum atomic E-state index is -4.63. The van der Waals surface area contributed by atoms with Crippen molar-refractivity contribution in [1.82, 2.24) is 25.2 Å². The van der Waals surface area contributed by atoms with Gasteiger partial charge in [0.1, 0.15) is 6.04 Å². The molecule has 3 rings (SSSR count). The van der Waals surface area contributed by atoms with Crippen molar-refractivity contribution in [1.29, 1.82) is 0 Å². The van der Waals surface area contributed by atoms with Gasteiger partial charge in [-0.25, -0.2) is 9.59 Å². The lowest BCUT2D eigenvalue weighted by atomic mass is 10.0. The van der Waals surface area contributed by atoms with E-state index in [9.17, 15) is 32.7 Å².